The van der Waals surface area contributed by atoms with E-state index in [0.29, 0.717) is 11.4 Å². The van der Waals surface area contributed by atoms with Crippen molar-refractivity contribution < 1.29 is 10.2 Å². The molecule has 30 heavy (non-hydrogen) atoms. The molecule has 0 fully saturated rings. The fourth-order valence-electron chi connectivity index (χ4n) is 3.97. The van der Waals surface area contributed by atoms with E-state index in [-0.39, 0.29) is 22.3 Å². The highest BCUT2D eigenvalue weighted by molar-refractivity contribution is 5.61. The maximum absolute atomic E-state index is 10.1. The summed E-state index contributed by atoms with van der Waals surface area (Å²) in [6.45, 7) is 12.4. The smallest absolute Gasteiger partial charge is 0.141 e. The predicted octanol–water partition coefficient (Wildman–Crippen LogP) is 5.53. The number of nitrogens with two attached hydrogens (primary N) is 2. The number of hydrogen-bond acceptors (Lipinski definition) is 4. The highest BCUT2D eigenvalue weighted by Gasteiger charge is 2.29. The van der Waals surface area contributed by atoms with Crippen molar-refractivity contribution in [1.29, 1.82) is 0 Å². The Hall–Kier alpha value is -3.14. The minimum absolute atomic E-state index is 0.143. The first-order chi connectivity index (χ1) is 13.9. The van der Waals surface area contributed by atoms with E-state index in [2.05, 4.69) is 52.0 Å². The number of anilines is 2. The van der Waals surface area contributed by atoms with Gasteiger partial charge >= 0.3 is 0 Å². The number of phenolic OH excluding ortho intramolecular Hbond substituents is 2. The largest absolute Gasteiger partial charge is 0.506 e. The van der Waals surface area contributed by atoms with Crippen LogP contribution in [0.2, 0.25) is 0 Å². The minimum atomic E-state index is -0.303. The van der Waals surface area contributed by atoms with E-state index in [1.54, 1.807) is 0 Å². The van der Waals surface area contributed by atoms with E-state index in [1.807, 2.05) is 38.1 Å². The van der Waals surface area contributed by atoms with Crippen molar-refractivity contribution in [3.05, 3.63) is 81.9 Å². The second-order valence-electron chi connectivity index (χ2n) is 9.29. The van der Waals surface area contributed by atoms with Crippen molar-refractivity contribution in [2.24, 2.45) is 0 Å². The normalized spacial score (nSPS) is 12.2. The van der Waals surface area contributed by atoms with Crippen LogP contribution in [0.15, 0.2) is 48.5 Å². The molecule has 0 aliphatic heterocycles. The summed E-state index contributed by atoms with van der Waals surface area (Å²) in [6.07, 6.45) is 0. The quantitative estimate of drug-likeness (QED) is 0.340. The molecule has 0 aromatic heterocycles. The first-order valence-corrected chi connectivity index (χ1v) is 10.2. The summed E-state index contributed by atoms with van der Waals surface area (Å²) in [7, 11) is 0. The lowest BCUT2D eigenvalue weighted by atomic mass is 9.73. The number of aromatic hydroxyl groups is 2. The summed E-state index contributed by atoms with van der Waals surface area (Å²) in [6, 6.07) is 16.2. The van der Waals surface area contributed by atoms with Crippen LogP contribution in [0.3, 0.4) is 0 Å². The molecule has 0 aliphatic carbocycles. The Bertz CT molecular complexity index is 983. The Kier molecular flexibility index (Phi) is 5.23. The summed E-state index contributed by atoms with van der Waals surface area (Å²) in [4.78, 5) is 0. The van der Waals surface area contributed by atoms with Crippen molar-refractivity contribution >= 4 is 11.4 Å². The van der Waals surface area contributed by atoms with E-state index in [1.165, 1.54) is 0 Å². The zero-order valence-corrected chi connectivity index (χ0v) is 18.7. The van der Waals surface area contributed by atoms with Crippen molar-refractivity contribution in [3.63, 3.8) is 0 Å². The van der Waals surface area contributed by atoms with Gasteiger partial charge in [-0.3, -0.25) is 0 Å². The van der Waals surface area contributed by atoms with Crippen molar-refractivity contribution in [2.45, 2.75) is 52.4 Å². The van der Waals surface area contributed by atoms with Gasteiger partial charge in [-0.1, -0.05) is 64.1 Å². The van der Waals surface area contributed by atoms with Gasteiger partial charge in [0.1, 0.15) is 11.5 Å². The Labute approximate surface area is 179 Å². The third kappa shape index (κ3) is 3.58. The summed E-state index contributed by atoms with van der Waals surface area (Å²) in [5, 5.41) is 20.1. The van der Waals surface area contributed by atoms with E-state index in [4.69, 9.17) is 11.5 Å². The van der Waals surface area contributed by atoms with E-state index in [0.717, 1.165) is 33.4 Å². The summed E-state index contributed by atoms with van der Waals surface area (Å²) >= 11 is 0. The Morgan fingerprint density at radius 3 is 1.30 bits per heavy atom. The number of aryl methyl sites for hydroxylation is 2. The number of phenols is 2. The van der Waals surface area contributed by atoms with Crippen molar-refractivity contribution in [1.82, 2.24) is 0 Å². The van der Waals surface area contributed by atoms with Gasteiger partial charge < -0.3 is 21.7 Å². The highest BCUT2D eigenvalue weighted by atomic mass is 16.3. The molecule has 0 aliphatic rings. The van der Waals surface area contributed by atoms with Crippen LogP contribution in [-0.2, 0) is 10.8 Å². The zero-order chi connectivity index (χ0) is 22.4. The second kappa shape index (κ2) is 7.28. The van der Waals surface area contributed by atoms with Crippen LogP contribution in [-0.4, -0.2) is 10.2 Å². The van der Waals surface area contributed by atoms with Gasteiger partial charge in [-0.05, 0) is 59.4 Å². The van der Waals surface area contributed by atoms with Gasteiger partial charge in [0, 0.05) is 10.8 Å². The minimum Gasteiger partial charge on any atom is -0.506 e. The third-order valence-corrected chi connectivity index (χ3v) is 6.41. The maximum Gasteiger partial charge on any atom is 0.141 e. The molecule has 0 radical (unpaired) electrons. The molecule has 4 heteroatoms. The average molecular weight is 405 g/mol. The zero-order valence-electron chi connectivity index (χ0n) is 18.7. The van der Waals surface area contributed by atoms with Gasteiger partial charge in [-0.2, -0.15) is 0 Å². The van der Waals surface area contributed by atoms with Crippen molar-refractivity contribution in [2.75, 3.05) is 11.5 Å². The molecule has 0 heterocycles. The number of nitrogen functional groups attached to an aromatic ring is 2. The molecule has 3 aromatic rings. The molecule has 0 amide bonds. The molecule has 0 spiro atoms. The Morgan fingerprint density at radius 1 is 0.600 bits per heavy atom. The van der Waals surface area contributed by atoms with Crippen molar-refractivity contribution in [3.8, 4) is 11.5 Å². The van der Waals surface area contributed by atoms with Crippen LogP contribution in [0, 0.1) is 13.8 Å². The lowest BCUT2D eigenvalue weighted by molar-refractivity contribution is 0.472. The summed E-state index contributed by atoms with van der Waals surface area (Å²) in [5.41, 5.74) is 18.2. The molecule has 3 aromatic carbocycles. The van der Waals surface area contributed by atoms with Crippen LogP contribution in [0.1, 0.15) is 61.1 Å². The van der Waals surface area contributed by atoms with Crippen LogP contribution < -0.4 is 11.5 Å². The monoisotopic (exact) mass is 404 g/mol. The number of rotatable bonds is 4. The molecule has 0 saturated heterocycles. The summed E-state index contributed by atoms with van der Waals surface area (Å²) < 4.78 is 0. The molecule has 0 bridgehead atoms. The van der Waals surface area contributed by atoms with Gasteiger partial charge in [-0.25, -0.2) is 0 Å². The molecule has 4 nitrogen and oxygen atoms in total. The second-order valence-corrected chi connectivity index (χ2v) is 9.29. The van der Waals surface area contributed by atoms with Crippen LogP contribution in [0.25, 0.3) is 0 Å². The van der Waals surface area contributed by atoms with E-state index in [9.17, 15) is 10.2 Å². The van der Waals surface area contributed by atoms with Gasteiger partial charge in [-0.15, -0.1) is 0 Å². The van der Waals surface area contributed by atoms with Gasteiger partial charge in [0.15, 0.2) is 0 Å². The number of benzene rings is 3. The Morgan fingerprint density at radius 2 is 0.967 bits per heavy atom. The van der Waals surface area contributed by atoms with Gasteiger partial charge in [0.05, 0.1) is 11.4 Å². The third-order valence-electron chi connectivity index (χ3n) is 6.41. The fraction of sp³-hybridized carbons (Fsp3) is 0.308. The van der Waals surface area contributed by atoms with E-state index >= 15 is 0 Å². The predicted molar refractivity (Wildman–Crippen MR) is 125 cm³/mol. The lowest BCUT2D eigenvalue weighted by Gasteiger charge is -2.31. The molecule has 6 N–H and O–H groups in total. The molecular weight excluding hydrogens is 372 g/mol. The maximum atomic E-state index is 10.1. The first kappa shape index (κ1) is 21.6. The average Bonchev–Trinajstić information content (AvgIpc) is 2.69. The molecular formula is C26H32N2O2. The lowest BCUT2D eigenvalue weighted by Crippen LogP contribution is -2.23. The van der Waals surface area contributed by atoms with Crippen LogP contribution >= 0.6 is 0 Å². The number of hydrogen-bond donors (Lipinski definition) is 4. The fourth-order valence-corrected chi connectivity index (χ4v) is 3.97. The SMILES string of the molecule is Cc1cc(C(C)(C)c2cccc(C(C)(C)c3cc(C)c(O)c(N)c3)c2)cc(N)c1O. The van der Waals surface area contributed by atoms with Crippen LogP contribution in [0.5, 0.6) is 11.5 Å². The first-order valence-electron chi connectivity index (χ1n) is 10.2. The van der Waals surface area contributed by atoms with Gasteiger partial charge in [0.25, 0.3) is 0 Å². The molecule has 0 unspecified atom stereocenters. The molecule has 0 atom stereocenters. The summed E-state index contributed by atoms with van der Waals surface area (Å²) in [5.74, 6) is 0.287. The van der Waals surface area contributed by atoms with Crippen LogP contribution in [0.4, 0.5) is 11.4 Å². The molecule has 0 saturated carbocycles. The van der Waals surface area contributed by atoms with E-state index < -0.39 is 0 Å². The standard InChI is InChI=1S/C26H32N2O2/c1-15-10-19(13-21(27)23(15)29)25(3,4)17-8-7-9-18(12-17)26(5,6)20-11-16(2)24(30)22(28)14-20/h7-14,29-30H,27-28H2,1-6H3. The highest BCUT2D eigenvalue weighted by Crippen LogP contribution is 2.40. The van der Waals surface area contributed by atoms with Gasteiger partial charge in [0.2, 0.25) is 0 Å². The molecule has 158 valence electrons. The topological polar surface area (TPSA) is 92.5 Å². The molecule has 3 rings (SSSR count). The Balaban J connectivity index is 2.09.